The van der Waals surface area contributed by atoms with Gasteiger partial charge in [-0.3, -0.25) is 0 Å². The third kappa shape index (κ3) is 7.57. The van der Waals surface area contributed by atoms with Crippen molar-refractivity contribution >= 4 is 46.7 Å². The predicted molar refractivity (Wildman–Crippen MR) is 190 cm³/mol. The molecule has 0 saturated carbocycles. The molecule has 2 heterocycles. The second-order valence-electron chi connectivity index (χ2n) is 12.5. The van der Waals surface area contributed by atoms with Gasteiger partial charge in [0.15, 0.2) is 0 Å². The van der Waals surface area contributed by atoms with Crippen molar-refractivity contribution in [2.24, 2.45) is 0 Å². The molecule has 2 aliphatic rings. The van der Waals surface area contributed by atoms with Crippen molar-refractivity contribution < 1.29 is 28.1 Å². The molecule has 0 amide bonds. The highest BCUT2D eigenvalue weighted by atomic mass is 16.6. The zero-order valence-electron chi connectivity index (χ0n) is 27.7. The fourth-order valence-corrected chi connectivity index (χ4v) is 6.60. The van der Waals surface area contributed by atoms with Gasteiger partial charge >= 0.3 is 14.2 Å². The zero-order valence-corrected chi connectivity index (χ0v) is 27.7. The maximum absolute atomic E-state index is 6.90. The number of unbranched alkanes of at least 4 members (excludes halogenated alkanes) is 6. The van der Waals surface area contributed by atoms with Crippen LogP contribution in [-0.2, 0) is 18.6 Å². The molecule has 6 rings (SSSR count). The van der Waals surface area contributed by atoms with E-state index in [9.17, 15) is 0 Å². The van der Waals surface area contributed by atoms with Crippen LogP contribution < -0.4 is 20.4 Å². The summed E-state index contributed by atoms with van der Waals surface area (Å²) in [5.41, 5.74) is 3.88. The summed E-state index contributed by atoms with van der Waals surface area (Å²) < 4.78 is 38.8. The highest BCUT2D eigenvalue weighted by Crippen LogP contribution is 2.45. The molecule has 0 aromatic heterocycles. The molecule has 0 atom stereocenters. The standard InChI is InChI=1S/C38H48B2O6/c1-3-5-7-13-21-41-37-33(39-43-23-15-24-44-39)27-29-17-9-11-19-31(29)35(37)36-32-20-12-10-18-30(32)28-34(40-45-25-16-26-46-40)38(36)42-22-14-8-6-4-2/h9-12,17-20,27-28H,3-8,13-16,21-26H2,1-2H3. The Morgan fingerprint density at radius 3 is 1.37 bits per heavy atom. The normalized spacial score (nSPS) is 15.5. The Balaban J connectivity index is 1.60. The van der Waals surface area contributed by atoms with Gasteiger partial charge in [0.2, 0.25) is 0 Å². The van der Waals surface area contributed by atoms with Crippen molar-refractivity contribution in [3.05, 3.63) is 60.7 Å². The smallest absolute Gasteiger partial charge is 0.493 e. The maximum atomic E-state index is 6.90. The molecule has 0 N–H and O–H groups in total. The van der Waals surface area contributed by atoms with Crippen LogP contribution in [0.25, 0.3) is 32.7 Å². The van der Waals surface area contributed by atoms with E-state index in [4.69, 9.17) is 28.1 Å². The topological polar surface area (TPSA) is 55.4 Å². The van der Waals surface area contributed by atoms with Crippen LogP contribution in [0.2, 0.25) is 0 Å². The molecule has 242 valence electrons. The number of ether oxygens (including phenoxy) is 2. The first-order valence-corrected chi connectivity index (χ1v) is 17.6. The first kappa shape index (κ1) is 32.9. The van der Waals surface area contributed by atoms with Gasteiger partial charge < -0.3 is 28.1 Å². The second-order valence-corrected chi connectivity index (χ2v) is 12.5. The molecule has 8 heteroatoms. The average Bonchev–Trinajstić information content (AvgIpc) is 3.11. The Hall–Kier alpha value is -3.03. The third-order valence-electron chi connectivity index (χ3n) is 8.96. The van der Waals surface area contributed by atoms with E-state index >= 15 is 0 Å². The molecule has 46 heavy (non-hydrogen) atoms. The molecule has 4 aromatic rings. The van der Waals surface area contributed by atoms with E-state index in [2.05, 4.69) is 74.5 Å². The summed E-state index contributed by atoms with van der Waals surface area (Å²) in [6.45, 7) is 8.33. The van der Waals surface area contributed by atoms with Crippen LogP contribution >= 0.6 is 0 Å². The predicted octanol–water partition coefficient (Wildman–Crippen LogP) is 7.84. The Morgan fingerprint density at radius 1 is 0.543 bits per heavy atom. The van der Waals surface area contributed by atoms with Gasteiger partial charge in [0.1, 0.15) is 11.5 Å². The van der Waals surface area contributed by atoms with Crippen LogP contribution in [0.5, 0.6) is 11.5 Å². The van der Waals surface area contributed by atoms with Gasteiger partial charge in [-0.05, 0) is 47.2 Å². The second kappa shape index (κ2) is 16.7. The van der Waals surface area contributed by atoms with Crippen LogP contribution in [0.1, 0.15) is 78.1 Å². The van der Waals surface area contributed by atoms with Crippen molar-refractivity contribution in [2.75, 3.05) is 39.6 Å². The van der Waals surface area contributed by atoms with Gasteiger partial charge in [-0.1, -0.05) is 113 Å². The molecule has 2 saturated heterocycles. The molecule has 0 unspecified atom stereocenters. The van der Waals surface area contributed by atoms with E-state index in [1.807, 2.05) is 0 Å². The number of benzene rings is 4. The summed E-state index contributed by atoms with van der Waals surface area (Å²) in [6.07, 6.45) is 10.7. The molecular formula is C38H48B2O6. The lowest BCUT2D eigenvalue weighted by atomic mass is 9.71. The number of rotatable bonds is 15. The zero-order chi connectivity index (χ0) is 31.6. The van der Waals surface area contributed by atoms with Crippen molar-refractivity contribution in [3.8, 4) is 22.6 Å². The minimum Gasteiger partial charge on any atom is -0.493 e. The molecule has 0 spiro atoms. The lowest BCUT2D eigenvalue weighted by Gasteiger charge is -2.28. The van der Waals surface area contributed by atoms with Gasteiger partial charge in [0, 0.05) is 48.5 Å². The maximum Gasteiger partial charge on any atom is 0.497 e. The molecule has 6 nitrogen and oxygen atoms in total. The van der Waals surface area contributed by atoms with E-state index in [1.165, 1.54) is 25.7 Å². The van der Waals surface area contributed by atoms with Gasteiger partial charge in [-0.25, -0.2) is 0 Å². The number of fused-ring (bicyclic) bond motifs is 2. The highest BCUT2D eigenvalue weighted by molar-refractivity contribution is 6.64. The molecule has 0 aliphatic carbocycles. The number of hydrogen-bond donors (Lipinski definition) is 0. The van der Waals surface area contributed by atoms with Crippen LogP contribution in [0.3, 0.4) is 0 Å². The quantitative estimate of drug-likeness (QED) is 0.0995. The van der Waals surface area contributed by atoms with Crippen molar-refractivity contribution in [3.63, 3.8) is 0 Å². The summed E-state index contributed by atoms with van der Waals surface area (Å²) in [4.78, 5) is 0. The molecule has 4 aromatic carbocycles. The van der Waals surface area contributed by atoms with E-state index < -0.39 is 14.2 Å². The van der Waals surface area contributed by atoms with Gasteiger partial charge in [-0.15, -0.1) is 0 Å². The third-order valence-corrected chi connectivity index (χ3v) is 8.96. The summed E-state index contributed by atoms with van der Waals surface area (Å²) in [7, 11) is -0.999. The van der Waals surface area contributed by atoms with Crippen LogP contribution in [0, 0.1) is 0 Å². The summed E-state index contributed by atoms with van der Waals surface area (Å²) >= 11 is 0. The van der Waals surface area contributed by atoms with Crippen molar-refractivity contribution in [1.82, 2.24) is 0 Å². The SMILES string of the molecule is CCCCCCOc1c(B2OCCCO2)cc2ccccc2c1-c1c(OCCCCCC)c(B2OCCCO2)cc2ccccc12. The first-order chi connectivity index (χ1) is 22.8. The summed E-state index contributed by atoms with van der Waals surface area (Å²) in [5, 5.41) is 4.43. The minimum absolute atomic E-state index is 0.499. The largest absolute Gasteiger partial charge is 0.497 e. The Labute approximate surface area is 275 Å². The summed E-state index contributed by atoms with van der Waals surface area (Å²) in [5.74, 6) is 1.62. The van der Waals surface area contributed by atoms with E-state index in [1.54, 1.807) is 0 Å². The Morgan fingerprint density at radius 2 is 0.957 bits per heavy atom. The van der Waals surface area contributed by atoms with Gasteiger partial charge in [0.25, 0.3) is 0 Å². The van der Waals surface area contributed by atoms with E-state index in [0.717, 1.165) is 93.6 Å². The highest BCUT2D eigenvalue weighted by Gasteiger charge is 2.35. The minimum atomic E-state index is -0.499. The Kier molecular flexibility index (Phi) is 11.9. The van der Waals surface area contributed by atoms with Crippen LogP contribution in [-0.4, -0.2) is 53.9 Å². The van der Waals surface area contributed by atoms with E-state index in [0.29, 0.717) is 39.6 Å². The fourth-order valence-electron chi connectivity index (χ4n) is 6.60. The van der Waals surface area contributed by atoms with Crippen LogP contribution in [0.4, 0.5) is 0 Å². The van der Waals surface area contributed by atoms with Gasteiger partial charge in [0.05, 0.1) is 13.2 Å². The molecule has 2 fully saturated rings. The lowest BCUT2D eigenvalue weighted by molar-refractivity contribution is 0.142. The van der Waals surface area contributed by atoms with Crippen molar-refractivity contribution in [1.29, 1.82) is 0 Å². The lowest BCUT2D eigenvalue weighted by Crippen LogP contribution is -2.42. The monoisotopic (exact) mass is 622 g/mol. The van der Waals surface area contributed by atoms with E-state index in [-0.39, 0.29) is 0 Å². The Bertz CT molecular complexity index is 1450. The molecular weight excluding hydrogens is 574 g/mol. The molecule has 0 radical (unpaired) electrons. The fraction of sp³-hybridized carbons (Fsp3) is 0.474. The summed E-state index contributed by atoms with van der Waals surface area (Å²) in [6, 6.07) is 21.5. The van der Waals surface area contributed by atoms with Crippen molar-refractivity contribution in [2.45, 2.75) is 78.1 Å². The van der Waals surface area contributed by atoms with Gasteiger partial charge in [-0.2, -0.15) is 0 Å². The first-order valence-electron chi connectivity index (χ1n) is 17.6. The number of hydrogen-bond acceptors (Lipinski definition) is 6. The molecule has 2 aliphatic heterocycles. The van der Waals surface area contributed by atoms with Crippen LogP contribution in [0.15, 0.2) is 60.7 Å². The molecule has 0 bridgehead atoms. The average molecular weight is 622 g/mol.